The van der Waals surface area contributed by atoms with Gasteiger partial charge in [0, 0.05) is 42.9 Å². The lowest BCUT2D eigenvalue weighted by Gasteiger charge is -2.31. The fourth-order valence-corrected chi connectivity index (χ4v) is 5.75. The number of halogens is 2. The van der Waals surface area contributed by atoms with Gasteiger partial charge in [0.15, 0.2) is 5.82 Å². The van der Waals surface area contributed by atoms with Gasteiger partial charge in [-0.3, -0.25) is 9.69 Å². The number of aromatic nitrogens is 3. The minimum absolute atomic E-state index is 0.0672. The Hall–Kier alpha value is -2.84. The molecule has 0 fully saturated rings. The summed E-state index contributed by atoms with van der Waals surface area (Å²) in [5, 5.41) is 3.07. The van der Waals surface area contributed by atoms with Crippen molar-refractivity contribution in [3.05, 3.63) is 56.4 Å². The standard InChI is InChI=1S/C28H33ClFN5O2/c1-6-7-18-19(22-16(4)14(2)11-31-25(22)36)9-8-17-12-32-27(24(30)23(17)18)37-26-20-13-35(5)15(3)10-21(20)33-28(29)34-26/h12,14-15H,6-11,13H2,1-5H3,(H,31,36). The Morgan fingerprint density at radius 3 is 2.78 bits per heavy atom. The quantitative estimate of drug-likeness (QED) is 0.525. The summed E-state index contributed by atoms with van der Waals surface area (Å²) >= 11 is 6.22. The van der Waals surface area contributed by atoms with Crippen LogP contribution in [-0.4, -0.2) is 45.4 Å². The molecule has 7 nitrogen and oxygen atoms in total. The third kappa shape index (κ3) is 4.66. The molecule has 2 unspecified atom stereocenters. The van der Waals surface area contributed by atoms with Gasteiger partial charge < -0.3 is 10.1 Å². The van der Waals surface area contributed by atoms with Crippen LogP contribution in [0.1, 0.15) is 69.3 Å². The van der Waals surface area contributed by atoms with Crippen LogP contribution >= 0.6 is 11.6 Å². The first-order chi connectivity index (χ1) is 17.7. The van der Waals surface area contributed by atoms with Crippen molar-refractivity contribution in [1.29, 1.82) is 0 Å². The Balaban J connectivity index is 1.61. The Bertz CT molecular complexity index is 1340. The highest BCUT2D eigenvalue weighted by Gasteiger charge is 2.33. The van der Waals surface area contributed by atoms with E-state index in [1.54, 1.807) is 6.20 Å². The number of rotatable bonds is 5. The second kappa shape index (κ2) is 10.1. The first-order valence-electron chi connectivity index (χ1n) is 13.0. The van der Waals surface area contributed by atoms with Crippen molar-refractivity contribution in [2.75, 3.05) is 13.6 Å². The molecular formula is C28H33ClFN5O2. The van der Waals surface area contributed by atoms with Crippen molar-refractivity contribution >= 4 is 23.1 Å². The summed E-state index contributed by atoms with van der Waals surface area (Å²) in [6, 6.07) is 0.294. The predicted octanol–water partition coefficient (Wildman–Crippen LogP) is 5.42. The molecule has 1 aliphatic carbocycles. The zero-order valence-corrected chi connectivity index (χ0v) is 22.8. The Morgan fingerprint density at radius 1 is 1.24 bits per heavy atom. The molecule has 196 valence electrons. The number of likely N-dealkylation sites (N-methyl/N-ethyl adjacent to an activating group) is 1. The molecule has 37 heavy (non-hydrogen) atoms. The van der Waals surface area contributed by atoms with E-state index in [4.69, 9.17) is 16.3 Å². The number of allylic oxidation sites excluding steroid dienone is 1. The minimum atomic E-state index is -0.526. The number of hydrogen-bond donors (Lipinski definition) is 1. The molecule has 0 spiro atoms. The molecule has 2 aromatic rings. The average Bonchev–Trinajstić information content (AvgIpc) is 2.85. The molecular weight excluding hydrogens is 493 g/mol. The van der Waals surface area contributed by atoms with E-state index in [0.717, 1.165) is 40.0 Å². The summed E-state index contributed by atoms with van der Waals surface area (Å²) in [4.78, 5) is 28.2. The summed E-state index contributed by atoms with van der Waals surface area (Å²) in [6.45, 7) is 9.50. The van der Waals surface area contributed by atoms with Gasteiger partial charge in [0.25, 0.3) is 11.8 Å². The van der Waals surface area contributed by atoms with Crippen LogP contribution in [0.25, 0.3) is 5.57 Å². The Kier molecular flexibility index (Phi) is 7.07. The summed E-state index contributed by atoms with van der Waals surface area (Å²) in [7, 11) is 2.02. The average molecular weight is 526 g/mol. The molecule has 0 saturated heterocycles. The second-order valence-electron chi connectivity index (χ2n) is 10.4. The lowest BCUT2D eigenvalue weighted by molar-refractivity contribution is -0.117. The Morgan fingerprint density at radius 2 is 2.03 bits per heavy atom. The number of hydrogen-bond acceptors (Lipinski definition) is 6. The van der Waals surface area contributed by atoms with E-state index in [9.17, 15) is 4.79 Å². The molecule has 4 heterocycles. The molecule has 3 aliphatic rings. The number of amides is 1. The molecule has 2 atom stereocenters. The SMILES string of the molecule is CCCC1=C(C2=C(C)C(C)CNC2=O)CCc2cnc(Oc3nc(Cl)nc4c3CN(C)C(C)C4)c(F)c21. The van der Waals surface area contributed by atoms with Gasteiger partial charge in [-0.2, -0.15) is 4.98 Å². The summed E-state index contributed by atoms with van der Waals surface area (Å²) < 4.78 is 22.3. The molecule has 0 saturated carbocycles. The lowest BCUT2D eigenvalue weighted by atomic mass is 9.77. The Labute approximate surface area is 222 Å². The van der Waals surface area contributed by atoms with Crippen molar-refractivity contribution in [2.24, 2.45) is 5.92 Å². The summed E-state index contributed by atoms with van der Waals surface area (Å²) in [5.41, 5.74) is 6.50. The molecule has 1 N–H and O–H groups in total. The number of ether oxygens (including phenoxy) is 1. The molecule has 0 aromatic carbocycles. The van der Waals surface area contributed by atoms with Gasteiger partial charge in [-0.25, -0.2) is 14.4 Å². The number of aryl methyl sites for hydroxylation is 1. The monoisotopic (exact) mass is 525 g/mol. The molecule has 9 heteroatoms. The first-order valence-corrected chi connectivity index (χ1v) is 13.4. The minimum Gasteiger partial charge on any atom is -0.417 e. The lowest BCUT2D eigenvalue weighted by Crippen LogP contribution is -2.37. The van der Waals surface area contributed by atoms with E-state index >= 15 is 4.39 Å². The second-order valence-corrected chi connectivity index (χ2v) is 10.8. The first kappa shape index (κ1) is 25.8. The van der Waals surface area contributed by atoms with Crippen LogP contribution in [0.2, 0.25) is 5.28 Å². The maximum Gasteiger partial charge on any atom is 0.258 e. The van der Waals surface area contributed by atoms with Crippen LogP contribution in [0.4, 0.5) is 4.39 Å². The fourth-order valence-electron chi connectivity index (χ4n) is 5.57. The predicted molar refractivity (Wildman–Crippen MR) is 141 cm³/mol. The fraction of sp³-hybridized carbons (Fsp3) is 0.500. The number of carbonyl (C=O) groups is 1. The number of carbonyl (C=O) groups excluding carboxylic acids is 1. The molecule has 2 aliphatic heterocycles. The van der Waals surface area contributed by atoms with E-state index in [1.165, 1.54) is 0 Å². The van der Waals surface area contributed by atoms with Gasteiger partial charge in [-0.15, -0.1) is 0 Å². The van der Waals surface area contributed by atoms with Crippen molar-refractivity contribution in [2.45, 2.75) is 72.4 Å². The van der Waals surface area contributed by atoms with Crippen molar-refractivity contribution in [1.82, 2.24) is 25.2 Å². The van der Waals surface area contributed by atoms with Gasteiger partial charge in [0.05, 0.1) is 11.3 Å². The van der Waals surface area contributed by atoms with Gasteiger partial charge in [-0.05, 0) is 74.4 Å². The largest absolute Gasteiger partial charge is 0.417 e. The number of nitrogens with zero attached hydrogens (tertiary/aromatic N) is 4. The van der Waals surface area contributed by atoms with Gasteiger partial charge in [-0.1, -0.05) is 25.8 Å². The van der Waals surface area contributed by atoms with Gasteiger partial charge in [0.2, 0.25) is 11.2 Å². The van der Waals surface area contributed by atoms with Crippen molar-refractivity contribution in [3.63, 3.8) is 0 Å². The van der Waals surface area contributed by atoms with Gasteiger partial charge in [0.1, 0.15) is 0 Å². The van der Waals surface area contributed by atoms with Crippen LogP contribution in [0.15, 0.2) is 22.9 Å². The molecule has 0 radical (unpaired) electrons. The van der Waals surface area contributed by atoms with E-state index in [1.807, 2.05) is 14.0 Å². The molecule has 2 aromatic heterocycles. The third-order valence-electron chi connectivity index (χ3n) is 7.98. The highest BCUT2D eigenvalue weighted by molar-refractivity contribution is 6.28. The van der Waals surface area contributed by atoms with Crippen molar-refractivity contribution < 1.29 is 13.9 Å². The van der Waals surface area contributed by atoms with E-state index < -0.39 is 5.82 Å². The van der Waals surface area contributed by atoms with Crippen LogP contribution in [0, 0.1) is 11.7 Å². The van der Waals surface area contributed by atoms with Gasteiger partial charge >= 0.3 is 0 Å². The third-order valence-corrected chi connectivity index (χ3v) is 8.15. The normalized spacial score (nSPS) is 22.1. The number of pyridine rings is 1. The number of nitrogens with one attached hydrogen (secondary N) is 1. The van der Waals surface area contributed by atoms with Crippen LogP contribution in [0.3, 0.4) is 0 Å². The smallest absolute Gasteiger partial charge is 0.258 e. The highest BCUT2D eigenvalue weighted by Crippen LogP contribution is 2.43. The van der Waals surface area contributed by atoms with E-state index in [-0.39, 0.29) is 28.9 Å². The zero-order chi connectivity index (χ0) is 26.4. The number of fused-ring (bicyclic) bond motifs is 2. The summed E-state index contributed by atoms with van der Waals surface area (Å²) in [5.74, 6) is -0.272. The molecule has 1 amide bonds. The summed E-state index contributed by atoms with van der Waals surface area (Å²) in [6.07, 6.45) is 5.15. The van der Waals surface area contributed by atoms with Crippen LogP contribution in [-0.2, 0) is 24.2 Å². The zero-order valence-electron chi connectivity index (χ0n) is 22.0. The van der Waals surface area contributed by atoms with Crippen LogP contribution < -0.4 is 10.1 Å². The maximum absolute atomic E-state index is 16.3. The molecule has 0 bridgehead atoms. The van der Waals surface area contributed by atoms with Crippen LogP contribution in [0.5, 0.6) is 11.8 Å². The van der Waals surface area contributed by atoms with E-state index in [0.29, 0.717) is 56.0 Å². The highest BCUT2D eigenvalue weighted by atomic mass is 35.5. The topological polar surface area (TPSA) is 80.2 Å². The van der Waals surface area contributed by atoms with Crippen molar-refractivity contribution in [3.8, 4) is 11.8 Å². The van der Waals surface area contributed by atoms with E-state index in [2.05, 4.69) is 45.9 Å². The molecule has 5 rings (SSSR count). The maximum atomic E-state index is 16.3.